The van der Waals surface area contributed by atoms with Gasteiger partial charge in [0, 0.05) is 28.7 Å². The maximum absolute atomic E-state index is 12.1. The van der Waals surface area contributed by atoms with Gasteiger partial charge in [0.1, 0.15) is 0 Å². The normalized spacial score (nSPS) is 17.6. The summed E-state index contributed by atoms with van der Waals surface area (Å²) in [4.78, 5) is 12.1. The number of para-hydroxylation sites is 1. The molecule has 1 N–H and O–H groups in total. The molecule has 1 aliphatic rings. The number of rotatable bonds is 4. The van der Waals surface area contributed by atoms with Gasteiger partial charge in [-0.25, -0.2) is 0 Å². The summed E-state index contributed by atoms with van der Waals surface area (Å²) >= 11 is 0. The summed E-state index contributed by atoms with van der Waals surface area (Å²) in [5.41, 5.74) is 1.76. The van der Waals surface area contributed by atoms with Gasteiger partial charge in [-0.2, -0.15) is 0 Å². The first-order valence-corrected chi connectivity index (χ1v) is 8.08. The van der Waals surface area contributed by atoms with Crippen LogP contribution in [-0.2, 0) is 21.3 Å². The Labute approximate surface area is 110 Å². The van der Waals surface area contributed by atoms with E-state index in [2.05, 4.69) is 5.32 Å². The highest BCUT2D eigenvalue weighted by Crippen LogP contribution is 2.26. The molecular weight excluding hydrogens is 246 g/mol. The Morgan fingerprint density at radius 3 is 2.67 bits per heavy atom. The lowest BCUT2D eigenvalue weighted by Crippen LogP contribution is -2.21. The highest BCUT2D eigenvalue weighted by Gasteiger charge is 2.23. The van der Waals surface area contributed by atoms with Crippen LogP contribution in [0.1, 0.15) is 31.2 Å². The molecule has 0 radical (unpaired) electrons. The topological polar surface area (TPSA) is 46.2 Å². The molecule has 0 aromatic heterocycles. The second kappa shape index (κ2) is 6.14. The molecule has 3 nitrogen and oxygen atoms in total. The van der Waals surface area contributed by atoms with E-state index in [9.17, 15) is 9.00 Å². The Hall–Kier alpha value is -1.16. The average Bonchev–Trinajstić information content (AvgIpc) is 2.84. The van der Waals surface area contributed by atoms with E-state index in [1.54, 1.807) is 6.26 Å². The van der Waals surface area contributed by atoms with Crippen molar-refractivity contribution in [3.63, 3.8) is 0 Å². The van der Waals surface area contributed by atoms with Crippen molar-refractivity contribution in [3.05, 3.63) is 29.8 Å². The van der Waals surface area contributed by atoms with Crippen molar-refractivity contribution < 1.29 is 9.00 Å². The van der Waals surface area contributed by atoms with Crippen LogP contribution in [0.2, 0.25) is 0 Å². The van der Waals surface area contributed by atoms with Gasteiger partial charge in [-0.05, 0) is 24.5 Å². The third-order valence-corrected chi connectivity index (χ3v) is 4.08. The molecule has 1 fully saturated rings. The van der Waals surface area contributed by atoms with Gasteiger partial charge in [-0.3, -0.25) is 9.00 Å². The summed E-state index contributed by atoms with van der Waals surface area (Å²) in [6, 6.07) is 7.61. The van der Waals surface area contributed by atoms with Gasteiger partial charge in [0.05, 0.1) is 5.75 Å². The van der Waals surface area contributed by atoms with Crippen LogP contribution in [0.4, 0.5) is 5.69 Å². The number of carbonyl (C=O) groups excluding carboxylic acids is 1. The first-order valence-electron chi connectivity index (χ1n) is 6.35. The number of hydrogen-bond acceptors (Lipinski definition) is 2. The highest BCUT2D eigenvalue weighted by molar-refractivity contribution is 7.83. The summed E-state index contributed by atoms with van der Waals surface area (Å²) < 4.78 is 11.3. The Morgan fingerprint density at radius 1 is 1.33 bits per heavy atom. The number of benzene rings is 1. The largest absolute Gasteiger partial charge is 0.326 e. The molecule has 18 heavy (non-hydrogen) atoms. The summed E-state index contributed by atoms with van der Waals surface area (Å²) in [6.45, 7) is 0. The molecule has 98 valence electrons. The van der Waals surface area contributed by atoms with Crippen LogP contribution in [-0.4, -0.2) is 16.4 Å². The Kier molecular flexibility index (Phi) is 4.53. The Bertz CT molecular complexity index is 453. The van der Waals surface area contributed by atoms with Crippen molar-refractivity contribution >= 4 is 22.4 Å². The van der Waals surface area contributed by atoms with Crippen LogP contribution in [0, 0.1) is 5.92 Å². The van der Waals surface area contributed by atoms with Gasteiger partial charge in [-0.1, -0.05) is 31.0 Å². The van der Waals surface area contributed by atoms with E-state index in [-0.39, 0.29) is 11.8 Å². The molecule has 1 saturated carbocycles. The molecule has 1 aliphatic carbocycles. The molecule has 0 heterocycles. The zero-order chi connectivity index (χ0) is 13.0. The van der Waals surface area contributed by atoms with Gasteiger partial charge in [0.25, 0.3) is 0 Å². The first kappa shape index (κ1) is 13.3. The van der Waals surface area contributed by atoms with Crippen LogP contribution in [0.3, 0.4) is 0 Å². The number of hydrogen-bond donors (Lipinski definition) is 1. The van der Waals surface area contributed by atoms with Crippen molar-refractivity contribution in [1.82, 2.24) is 0 Å². The third kappa shape index (κ3) is 3.42. The van der Waals surface area contributed by atoms with E-state index < -0.39 is 10.8 Å². The molecule has 0 bridgehead atoms. The van der Waals surface area contributed by atoms with Crippen LogP contribution >= 0.6 is 0 Å². The van der Waals surface area contributed by atoms with E-state index in [0.717, 1.165) is 36.9 Å². The predicted molar refractivity (Wildman–Crippen MR) is 74.8 cm³/mol. The monoisotopic (exact) mass is 265 g/mol. The SMILES string of the molecule is C[S@@](=O)Cc1ccccc1NC(=O)C1CCCC1. The lowest BCUT2D eigenvalue weighted by Gasteiger charge is -2.13. The van der Waals surface area contributed by atoms with Gasteiger partial charge < -0.3 is 5.32 Å². The predicted octanol–water partition coefficient (Wildman–Crippen LogP) is 2.69. The third-order valence-electron chi connectivity index (χ3n) is 3.36. The zero-order valence-electron chi connectivity index (χ0n) is 10.6. The molecule has 1 aromatic rings. The van der Waals surface area contributed by atoms with Crippen molar-refractivity contribution in [1.29, 1.82) is 0 Å². The minimum absolute atomic E-state index is 0.113. The molecular formula is C14H19NO2S. The fourth-order valence-corrected chi connectivity index (χ4v) is 3.10. The van der Waals surface area contributed by atoms with Crippen molar-refractivity contribution in [2.45, 2.75) is 31.4 Å². The van der Waals surface area contributed by atoms with Gasteiger partial charge in [0.15, 0.2) is 0 Å². The lowest BCUT2D eigenvalue weighted by molar-refractivity contribution is -0.119. The fourth-order valence-electron chi connectivity index (χ4n) is 2.41. The summed E-state index contributed by atoms with van der Waals surface area (Å²) in [5, 5.41) is 2.98. The molecule has 1 atom stereocenters. The highest BCUT2D eigenvalue weighted by atomic mass is 32.2. The van der Waals surface area contributed by atoms with Crippen LogP contribution < -0.4 is 5.32 Å². The van der Waals surface area contributed by atoms with E-state index in [1.807, 2.05) is 24.3 Å². The summed E-state index contributed by atoms with van der Waals surface area (Å²) in [7, 11) is -0.895. The van der Waals surface area contributed by atoms with Crippen molar-refractivity contribution in [2.24, 2.45) is 5.92 Å². The van der Waals surface area contributed by atoms with Gasteiger partial charge >= 0.3 is 0 Å². The molecule has 4 heteroatoms. The molecule has 0 spiro atoms. The van der Waals surface area contributed by atoms with E-state index in [0.29, 0.717) is 5.75 Å². The molecule has 1 amide bonds. The minimum Gasteiger partial charge on any atom is -0.326 e. The smallest absolute Gasteiger partial charge is 0.227 e. The van der Waals surface area contributed by atoms with Crippen molar-refractivity contribution in [2.75, 3.05) is 11.6 Å². The molecule has 2 rings (SSSR count). The quantitative estimate of drug-likeness (QED) is 0.909. The van der Waals surface area contributed by atoms with Gasteiger partial charge in [0.2, 0.25) is 5.91 Å². The summed E-state index contributed by atoms with van der Waals surface area (Å²) in [6.07, 6.45) is 5.97. The van der Waals surface area contributed by atoms with Gasteiger partial charge in [-0.15, -0.1) is 0 Å². The lowest BCUT2D eigenvalue weighted by atomic mass is 10.1. The summed E-state index contributed by atoms with van der Waals surface area (Å²) in [5.74, 6) is 0.758. The Morgan fingerprint density at radius 2 is 2.00 bits per heavy atom. The fraction of sp³-hybridized carbons (Fsp3) is 0.500. The molecule has 0 saturated heterocycles. The van der Waals surface area contributed by atoms with Crippen LogP contribution in [0.5, 0.6) is 0 Å². The van der Waals surface area contributed by atoms with Crippen molar-refractivity contribution in [3.8, 4) is 0 Å². The molecule has 0 aliphatic heterocycles. The number of amides is 1. The molecule has 0 unspecified atom stereocenters. The standard InChI is InChI=1S/C14H19NO2S/c1-18(17)10-12-8-4-5-9-13(12)15-14(16)11-6-2-3-7-11/h4-5,8-9,11H,2-3,6-7,10H2,1H3,(H,15,16)/t18-/m1/s1. The first-order chi connectivity index (χ1) is 8.66. The molecule has 1 aromatic carbocycles. The number of nitrogens with one attached hydrogen (secondary N) is 1. The maximum atomic E-state index is 12.1. The Balaban J connectivity index is 2.07. The van der Waals surface area contributed by atoms with E-state index in [4.69, 9.17) is 0 Å². The van der Waals surface area contributed by atoms with Crippen LogP contribution in [0.25, 0.3) is 0 Å². The van der Waals surface area contributed by atoms with E-state index in [1.165, 1.54) is 0 Å². The zero-order valence-corrected chi connectivity index (χ0v) is 11.5. The van der Waals surface area contributed by atoms with E-state index >= 15 is 0 Å². The second-order valence-corrected chi connectivity index (χ2v) is 6.28. The second-order valence-electron chi connectivity index (χ2n) is 4.85. The minimum atomic E-state index is -0.895. The average molecular weight is 265 g/mol. The van der Waals surface area contributed by atoms with Crippen LogP contribution in [0.15, 0.2) is 24.3 Å². The number of anilines is 1. The number of carbonyl (C=O) groups is 1. The maximum Gasteiger partial charge on any atom is 0.227 e.